The minimum absolute atomic E-state index is 0.0178. The molecule has 2 atom stereocenters. The Hall–Kier alpha value is -1.92. The Morgan fingerprint density at radius 3 is 2.62 bits per heavy atom. The molecule has 1 aromatic rings. The molecule has 0 spiro atoms. The van der Waals surface area contributed by atoms with Crippen molar-refractivity contribution in [2.24, 2.45) is 23.0 Å². The molecule has 1 fully saturated rings. The monoisotopic (exact) mass is 361 g/mol. The SMILES string of the molecule is CC(C)C[C@@]1(C(CCN)C(=O)NO)CCN(CCc2ccccc2)C1=O. The summed E-state index contributed by atoms with van der Waals surface area (Å²) >= 11 is 0. The first-order valence-electron chi connectivity index (χ1n) is 9.42. The molecule has 4 N–H and O–H groups in total. The number of nitrogens with two attached hydrogens (primary N) is 1. The van der Waals surface area contributed by atoms with Crippen LogP contribution in [-0.4, -0.2) is 41.6 Å². The van der Waals surface area contributed by atoms with Crippen LogP contribution in [0.5, 0.6) is 0 Å². The highest BCUT2D eigenvalue weighted by atomic mass is 16.5. The third-order valence-corrected chi connectivity index (χ3v) is 5.38. The lowest BCUT2D eigenvalue weighted by Gasteiger charge is -2.36. The van der Waals surface area contributed by atoms with Crippen LogP contribution in [0.2, 0.25) is 0 Å². The summed E-state index contributed by atoms with van der Waals surface area (Å²) in [4.78, 5) is 27.5. The summed E-state index contributed by atoms with van der Waals surface area (Å²) in [5.41, 5.74) is 7.87. The van der Waals surface area contributed by atoms with Crippen molar-refractivity contribution >= 4 is 11.8 Å². The van der Waals surface area contributed by atoms with Crippen LogP contribution in [0.25, 0.3) is 0 Å². The average Bonchev–Trinajstić information content (AvgIpc) is 2.94. The number of carbonyl (C=O) groups is 2. The van der Waals surface area contributed by atoms with E-state index in [1.54, 1.807) is 5.48 Å². The molecule has 2 amide bonds. The van der Waals surface area contributed by atoms with Crippen molar-refractivity contribution in [2.75, 3.05) is 19.6 Å². The number of likely N-dealkylation sites (tertiary alicyclic amines) is 1. The minimum atomic E-state index is -0.781. The van der Waals surface area contributed by atoms with Gasteiger partial charge in [-0.3, -0.25) is 14.8 Å². The van der Waals surface area contributed by atoms with Crippen LogP contribution in [0.4, 0.5) is 0 Å². The van der Waals surface area contributed by atoms with Crippen LogP contribution in [0, 0.1) is 17.3 Å². The van der Waals surface area contributed by atoms with Gasteiger partial charge in [0.15, 0.2) is 0 Å². The lowest BCUT2D eigenvalue weighted by atomic mass is 9.67. The van der Waals surface area contributed by atoms with Crippen LogP contribution in [0.15, 0.2) is 30.3 Å². The Morgan fingerprint density at radius 2 is 2.04 bits per heavy atom. The summed E-state index contributed by atoms with van der Waals surface area (Å²) in [6.07, 6.45) is 2.41. The highest BCUT2D eigenvalue weighted by Gasteiger charge is 2.53. The van der Waals surface area contributed by atoms with Crippen molar-refractivity contribution in [1.82, 2.24) is 10.4 Å². The molecule has 0 aromatic heterocycles. The molecule has 1 aliphatic heterocycles. The van der Waals surface area contributed by atoms with E-state index in [2.05, 4.69) is 26.0 Å². The van der Waals surface area contributed by atoms with Gasteiger partial charge in [0.1, 0.15) is 0 Å². The van der Waals surface area contributed by atoms with Crippen LogP contribution in [-0.2, 0) is 16.0 Å². The van der Waals surface area contributed by atoms with Gasteiger partial charge in [0.2, 0.25) is 11.8 Å². The van der Waals surface area contributed by atoms with Crippen LogP contribution < -0.4 is 11.2 Å². The molecule has 26 heavy (non-hydrogen) atoms. The molecule has 1 saturated heterocycles. The lowest BCUT2D eigenvalue weighted by Crippen LogP contribution is -2.48. The first-order valence-corrected chi connectivity index (χ1v) is 9.42. The first kappa shape index (κ1) is 20.4. The Bertz CT molecular complexity index is 606. The highest BCUT2D eigenvalue weighted by Crippen LogP contribution is 2.46. The summed E-state index contributed by atoms with van der Waals surface area (Å²) in [5, 5.41) is 9.18. The number of nitrogens with one attached hydrogen (secondary N) is 1. The van der Waals surface area contributed by atoms with Gasteiger partial charge < -0.3 is 10.6 Å². The van der Waals surface area contributed by atoms with E-state index in [-0.39, 0.29) is 11.8 Å². The standard InChI is InChI=1S/C20H31N3O3/c1-15(2)14-20(17(8-11-21)18(24)22-26)10-13-23(19(20)25)12-9-16-6-4-3-5-7-16/h3-7,15,17,26H,8-14,21H2,1-2H3,(H,22,24)/t17?,20-/m1/s1. The van der Waals surface area contributed by atoms with E-state index in [0.29, 0.717) is 38.9 Å². The molecule has 0 radical (unpaired) electrons. The van der Waals surface area contributed by atoms with E-state index in [4.69, 9.17) is 5.73 Å². The van der Waals surface area contributed by atoms with Gasteiger partial charge in [-0.15, -0.1) is 0 Å². The smallest absolute Gasteiger partial charge is 0.247 e. The molecule has 144 valence electrons. The number of hydrogen-bond donors (Lipinski definition) is 3. The number of nitrogens with zero attached hydrogens (tertiary/aromatic N) is 1. The third-order valence-electron chi connectivity index (χ3n) is 5.38. The molecule has 0 bridgehead atoms. The fourth-order valence-corrected chi connectivity index (χ4v) is 4.27. The van der Waals surface area contributed by atoms with Gasteiger partial charge in [-0.1, -0.05) is 44.2 Å². The largest absolute Gasteiger partial charge is 0.342 e. The van der Waals surface area contributed by atoms with Crippen LogP contribution >= 0.6 is 0 Å². The fraction of sp³-hybridized carbons (Fsp3) is 0.600. The second kappa shape index (κ2) is 9.14. The second-order valence-corrected chi connectivity index (χ2v) is 7.64. The van der Waals surface area contributed by atoms with Crippen LogP contribution in [0.1, 0.15) is 38.7 Å². The molecule has 1 aromatic carbocycles. The van der Waals surface area contributed by atoms with E-state index in [1.807, 2.05) is 23.1 Å². The van der Waals surface area contributed by atoms with Crippen molar-refractivity contribution < 1.29 is 14.8 Å². The Kier molecular flexibility index (Phi) is 7.17. The van der Waals surface area contributed by atoms with E-state index < -0.39 is 17.2 Å². The fourth-order valence-electron chi connectivity index (χ4n) is 4.27. The molecule has 0 aliphatic carbocycles. The molecule has 1 unspecified atom stereocenters. The normalized spacial score (nSPS) is 21.3. The molecule has 0 saturated carbocycles. The van der Waals surface area contributed by atoms with E-state index in [1.165, 1.54) is 5.56 Å². The molecule has 2 rings (SSSR count). The van der Waals surface area contributed by atoms with Gasteiger partial charge in [-0.25, -0.2) is 5.48 Å². The number of carbonyl (C=O) groups excluding carboxylic acids is 2. The van der Waals surface area contributed by atoms with Crippen molar-refractivity contribution in [3.63, 3.8) is 0 Å². The van der Waals surface area contributed by atoms with Gasteiger partial charge in [0.25, 0.3) is 0 Å². The Balaban J connectivity index is 2.20. The second-order valence-electron chi connectivity index (χ2n) is 7.64. The van der Waals surface area contributed by atoms with Gasteiger partial charge in [-0.05, 0) is 43.7 Å². The predicted octanol–water partition coefficient (Wildman–Crippen LogP) is 1.96. The number of hydroxylamine groups is 1. The quantitative estimate of drug-likeness (QED) is 0.463. The molecule has 1 heterocycles. The molecule has 6 heteroatoms. The predicted molar refractivity (Wildman–Crippen MR) is 100 cm³/mol. The van der Waals surface area contributed by atoms with Gasteiger partial charge >= 0.3 is 0 Å². The van der Waals surface area contributed by atoms with Crippen molar-refractivity contribution in [1.29, 1.82) is 0 Å². The zero-order valence-corrected chi connectivity index (χ0v) is 15.8. The molecular weight excluding hydrogens is 330 g/mol. The first-order chi connectivity index (χ1) is 12.4. The highest BCUT2D eigenvalue weighted by molar-refractivity contribution is 5.92. The van der Waals surface area contributed by atoms with E-state index in [0.717, 1.165) is 6.42 Å². The summed E-state index contributed by atoms with van der Waals surface area (Å²) < 4.78 is 0. The zero-order chi connectivity index (χ0) is 19.2. The average molecular weight is 361 g/mol. The minimum Gasteiger partial charge on any atom is -0.342 e. The van der Waals surface area contributed by atoms with E-state index >= 15 is 0 Å². The van der Waals surface area contributed by atoms with Crippen LogP contribution in [0.3, 0.4) is 0 Å². The summed E-state index contributed by atoms with van der Waals surface area (Å²) in [6, 6.07) is 10.1. The summed E-state index contributed by atoms with van der Waals surface area (Å²) in [5.74, 6) is -0.826. The lowest BCUT2D eigenvalue weighted by molar-refractivity contribution is -0.149. The number of amides is 2. The molecule has 6 nitrogen and oxygen atoms in total. The van der Waals surface area contributed by atoms with Crippen molar-refractivity contribution in [3.8, 4) is 0 Å². The van der Waals surface area contributed by atoms with Gasteiger partial charge in [0.05, 0.1) is 11.3 Å². The number of hydrogen-bond acceptors (Lipinski definition) is 4. The van der Waals surface area contributed by atoms with Crippen molar-refractivity contribution in [2.45, 2.75) is 39.5 Å². The summed E-state index contributed by atoms with van der Waals surface area (Å²) in [7, 11) is 0. The number of rotatable bonds is 9. The molecule has 1 aliphatic rings. The maximum absolute atomic E-state index is 13.3. The zero-order valence-electron chi connectivity index (χ0n) is 15.8. The Morgan fingerprint density at radius 1 is 1.35 bits per heavy atom. The maximum Gasteiger partial charge on any atom is 0.247 e. The maximum atomic E-state index is 13.3. The van der Waals surface area contributed by atoms with Gasteiger partial charge in [-0.2, -0.15) is 0 Å². The van der Waals surface area contributed by atoms with E-state index in [9.17, 15) is 14.8 Å². The van der Waals surface area contributed by atoms with Crippen molar-refractivity contribution in [3.05, 3.63) is 35.9 Å². The van der Waals surface area contributed by atoms with Gasteiger partial charge in [0, 0.05) is 13.1 Å². The summed E-state index contributed by atoms with van der Waals surface area (Å²) in [6.45, 7) is 5.68. The third kappa shape index (κ3) is 4.43. The topological polar surface area (TPSA) is 95.7 Å². The molecular formula is C20H31N3O3. The Labute approximate surface area is 155 Å². The number of benzene rings is 1.